The molecular weight excluding hydrogens is 594 g/mol. The van der Waals surface area contributed by atoms with Crippen LogP contribution in [-0.2, 0) is 23.1 Å². The summed E-state index contributed by atoms with van der Waals surface area (Å²) in [5.74, 6) is -0.585. The van der Waals surface area contributed by atoms with Crippen LogP contribution in [0.2, 0.25) is 0 Å². The summed E-state index contributed by atoms with van der Waals surface area (Å²) in [5, 5.41) is 58.4. The maximum atomic E-state index is 12.0. The normalized spacial score (nSPS) is 26.9. The third-order valence-electron chi connectivity index (χ3n) is 6.09. The molecule has 6 N–H and O–H groups in total. The zero-order chi connectivity index (χ0) is 31.4. The van der Waals surface area contributed by atoms with Crippen LogP contribution in [0.25, 0.3) is 0 Å². The number of esters is 1. The van der Waals surface area contributed by atoms with Crippen LogP contribution in [0.15, 0.2) is 60.8 Å². The van der Waals surface area contributed by atoms with E-state index in [4.69, 9.17) is 4.74 Å². The number of carbonyl (C=O) groups excluding carboxylic acids is 1. The van der Waals surface area contributed by atoms with E-state index >= 15 is 0 Å². The Morgan fingerprint density at radius 2 is 1.21 bits per heavy atom. The first-order valence-corrected chi connectivity index (χ1v) is 15.6. The molecule has 0 aromatic heterocycles. The van der Waals surface area contributed by atoms with Crippen molar-refractivity contribution in [1.29, 1.82) is 0 Å². The van der Waals surface area contributed by atoms with Gasteiger partial charge in [-0.3, -0.25) is 9.36 Å². The van der Waals surface area contributed by atoms with Crippen LogP contribution in [0, 0.1) is 0 Å². The van der Waals surface area contributed by atoms with Crippen molar-refractivity contribution in [3.63, 3.8) is 0 Å². The van der Waals surface area contributed by atoms with Gasteiger partial charge in [0.05, 0.1) is 6.61 Å². The van der Waals surface area contributed by atoms with E-state index in [1.807, 2.05) is 12.2 Å². The van der Waals surface area contributed by atoms with Crippen LogP contribution in [0.4, 0.5) is 0 Å². The van der Waals surface area contributed by atoms with Gasteiger partial charge in [0.1, 0.15) is 49.3 Å². The second-order valence-electron chi connectivity index (χ2n) is 9.70. The number of ether oxygens (including phenoxy) is 1. The van der Waals surface area contributed by atoms with E-state index in [1.165, 1.54) is 0 Å². The fourth-order valence-electron chi connectivity index (χ4n) is 3.72. The average Bonchev–Trinajstić information content (AvgIpc) is 2.96. The van der Waals surface area contributed by atoms with Crippen molar-refractivity contribution < 1.29 is 88.2 Å². The summed E-state index contributed by atoms with van der Waals surface area (Å²) in [7, 11) is -5.25. The predicted octanol–water partition coefficient (Wildman–Crippen LogP) is -1.50. The van der Waals surface area contributed by atoms with Crippen LogP contribution in [0.5, 0.6) is 0 Å². The minimum atomic E-state index is -5.25. The Balaban J connectivity index is 0.0000176. The molecule has 3 unspecified atom stereocenters. The van der Waals surface area contributed by atoms with Crippen molar-refractivity contribution in [2.24, 2.45) is 0 Å². The maximum Gasteiger partial charge on any atom is 1.00 e. The molecule has 1 aliphatic carbocycles. The van der Waals surface area contributed by atoms with Gasteiger partial charge in [0, 0.05) is 6.42 Å². The summed E-state index contributed by atoms with van der Waals surface area (Å²) < 4.78 is 25.9. The van der Waals surface area contributed by atoms with Crippen LogP contribution in [0.3, 0.4) is 0 Å². The van der Waals surface area contributed by atoms with Crippen molar-refractivity contribution in [2.75, 3.05) is 13.2 Å². The van der Waals surface area contributed by atoms with Gasteiger partial charge in [-0.15, -0.1) is 0 Å². The standard InChI is InChI=1S/C29H47O12P.Na/c1-2-3-4-5-6-7-8-9-10-11-12-13-14-15-16-17-18-19-23(31)39-20-22(30)21-40-42(37,38)41-29-27(35)25(33)24(32)26(34)28(29)36;/h3-4,6-7,9-10,12-13,15-16,22,24-30,32-36H,2,5,8,11,14,17-21H2,1H3,(H,37,38);/q;+1/p-1/b4-3+,7-6+,10-9+,13-12+,16-15+;/t22-,24?,25-,26+,27-,28-,29?;/m1./s1. The maximum absolute atomic E-state index is 12.0. The van der Waals surface area contributed by atoms with E-state index in [0.29, 0.717) is 12.8 Å². The number of unbranched alkanes of at least 4 members (excludes halogenated alkanes) is 1. The fourth-order valence-corrected chi connectivity index (χ4v) is 4.68. The number of phosphoric acid groups is 1. The molecule has 240 valence electrons. The zero-order valence-corrected chi connectivity index (χ0v) is 27.9. The van der Waals surface area contributed by atoms with Gasteiger partial charge in [-0.2, -0.15) is 0 Å². The summed E-state index contributed by atoms with van der Waals surface area (Å²) in [6.07, 6.45) is 13.3. The Bertz CT molecular complexity index is 938. The molecule has 1 saturated carbocycles. The first-order chi connectivity index (χ1) is 20.0. The molecule has 0 aliphatic heterocycles. The Labute approximate surface area is 276 Å². The summed E-state index contributed by atoms with van der Waals surface area (Å²) in [6, 6.07) is 0. The molecule has 0 radical (unpaired) electrons. The second-order valence-corrected chi connectivity index (χ2v) is 11.1. The monoisotopic (exact) mass is 640 g/mol. The summed E-state index contributed by atoms with van der Waals surface area (Å²) in [6.45, 7) is 0.710. The Hall–Kier alpha value is -0.960. The van der Waals surface area contributed by atoms with Crippen molar-refractivity contribution in [1.82, 2.24) is 0 Å². The molecule has 12 nitrogen and oxygen atoms in total. The summed E-state index contributed by atoms with van der Waals surface area (Å²) in [4.78, 5) is 23.9. The predicted molar refractivity (Wildman–Crippen MR) is 154 cm³/mol. The minimum absolute atomic E-state index is 0. The van der Waals surface area contributed by atoms with Crippen LogP contribution >= 0.6 is 7.82 Å². The van der Waals surface area contributed by atoms with Gasteiger partial charge in [-0.25, -0.2) is 0 Å². The number of aliphatic hydroxyl groups is 6. The zero-order valence-electron chi connectivity index (χ0n) is 25.0. The molecule has 1 fully saturated rings. The Morgan fingerprint density at radius 1 is 0.767 bits per heavy atom. The van der Waals surface area contributed by atoms with E-state index in [9.17, 15) is 44.9 Å². The molecule has 8 atom stereocenters. The molecule has 0 aromatic carbocycles. The number of hydrogen-bond donors (Lipinski definition) is 6. The van der Waals surface area contributed by atoms with Gasteiger partial charge in [0.25, 0.3) is 7.82 Å². The SMILES string of the molecule is CC/C=C/C/C=C/C/C=C/C/C=C/C/C=C/CCCC(=O)OC[C@@H](O)COP(=O)([O-])OC1[C@H](O)[C@H](O)C(O)[C@H](O)[C@H]1O.[Na+]. The smallest absolute Gasteiger partial charge is 0.756 e. The Morgan fingerprint density at radius 3 is 1.70 bits per heavy atom. The second kappa shape index (κ2) is 24.3. The van der Waals surface area contributed by atoms with Crippen LogP contribution in [-0.4, -0.2) is 92.5 Å². The molecule has 0 amide bonds. The van der Waals surface area contributed by atoms with Crippen molar-refractivity contribution in [3.8, 4) is 0 Å². The average molecular weight is 641 g/mol. The minimum Gasteiger partial charge on any atom is -0.756 e. The fraction of sp³-hybridized carbons (Fsp3) is 0.621. The molecule has 0 bridgehead atoms. The molecule has 0 heterocycles. The molecule has 43 heavy (non-hydrogen) atoms. The number of phosphoric ester groups is 1. The molecular formula is C29H46NaO12P. The first-order valence-electron chi connectivity index (χ1n) is 14.1. The first kappa shape index (κ1) is 42.0. The van der Waals surface area contributed by atoms with E-state index in [0.717, 1.165) is 32.1 Å². The molecule has 1 rings (SSSR count). The van der Waals surface area contributed by atoms with Crippen LogP contribution < -0.4 is 34.5 Å². The quantitative estimate of drug-likeness (QED) is 0.0296. The van der Waals surface area contributed by atoms with E-state index in [2.05, 4.69) is 64.6 Å². The topological polar surface area (TPSA) is 206 Å². The van der Waals surface area contributed by atoms with E-state index in [-0.39, 0.29) is 36.0 Å². The number of hydrogen-bond acceptors (Lipinski definition) is 12. The molecule has 0 saturated heterocycles. The van der Waals surface area contributed by atoms with Gasteiger partial charge in [-0.1, -0.05) is 67.7 Å². The van der Waals surface area contributed by atoms with E-state index < -0.39 is 69.7 Å². The molecule has 1 aliphatic rings. The van der Waals surface area contributed by atoms with Crippen molar-refractivity contribution in [3.05, 3.63) is 60.8 Å². The van der Waals surface area contributed by atoms with Gasteiger partial charge < -0.3 is 49.3 Å². The summed E-state index contributed by atoms with van der Waals surface area (Å²) >= 11 is 0. The third-order valence-corrected chi connectivity index (χ3v) is 7.06. The van der Waals surface area contributed by atoms with Gasteiger partial charge in [0.2, 0.25) is 0 Å². The van der Waals surface area contributed by atoms with Crippen LogP contribution in [0.1, 0.15) is 58.3 Å². The number of allylic oxidation sites excluding steroid dienone is 10. The van der Waals surface area contributed by atoms with E-state index in [1.54, 1.807) is 0 Å². The van der Waals surface area contributed by atoms with Crippen molar-refractivity contribution in [2.45, 2.75) is 101 Å². The number of rotatable bonds is 20. The van der Waals surface area contributed by atoms with Gasteiger partial charge >= 0.3 is 35.5 Å². The Kier molecular flexibility index (Phi) is 23.8. The number of aliphatic hydroxyl groups excluding tert-OH is 6. The van der Waals surface area contributed by atoms with Crippen molar-refractivity contribution >= 4 is 13.8 Å². The molecule has 0 spiro atoms. The third kappa shape index (κ3) is 18.6. The number of carbonyl (C=O) groups is 1. The summed E-state index contributed by atoms with van der Waals surface area (Å²) in [5.41, 5.74) is 0. The largest absolute Gasteiger partial charge is 1.00 e. The molecule has 0 aromatic rings. The van der Waals surface area contributed by atoms with Gasteiger partial charge in [0.15, 0.2) is 0 Å². The molecule has 14 heteroatoms. The van der Waals surface area contributed by atoms with Gasteiger partial charge in [-0.05, 0) is 44.9 Å².